The number of benzene rings is 2. The molecule has 3 atom stereocenters. The van der Waals surface area contributed by atoms with E-state index in [4.69, 9.17) is 4.74 Å². The molecule has 2 aromatic carbocycles. The summed E-state index contributed by atoms with van der Waals surface area (Å²) in [6, 6.07) is 12.5. The fourth-order valence-corrected chi connectivity index (χ4v) is 4.38. The van der Waals surface area contributed by atoms with Gasteiger partial charge in [0, 0.05) is 25.3 Å². The lowest BCUT2D eigenvalue weighted by molar-refractivity contribution is -0.123. The number of halogens is 1. The Kier molecular flexibility index (Phi) is 4.87. The predicted molar refractivity (Wildman–Crippen MR) is 101 cm³/mol. The van der Waals surface area contributed by atoms with Crippen molar-refractivity contribution in [3.8, 4) is 0 Å². The van der Waals surface area contributed by atoms with E-state index in [1.54, 1.807) is 11.0 Å². The maximum Gasteiger partial charge on any atom is 0.257 e. The molecule has 7 heteroatoms. The molecule has 4 rings (SSSR count). The average Bonchev–Trinajstić information content (AvgIpc) is 2.68. The van der Waals surface area contributed by atoms with Crippen LogP contribution in [0.5, 0.6) is 0 Å². The number of aliphatic hydroxyl groups is 1. The number of ether oxygens (including phenoxy) is 1. The number of hydrogen-bond acceptors (Lipinski definition) is 4. The van der Waals surface area contributed by atoms with Crippen molar-refractivity contribution in [2.75, 3.05) is 31.8 Å². The zero-order chi connectivity index (χ0) is 19.8. The molecule has 1 saturated heterocycles. The number of fused-ring (bicyclic) bond motifs is 3. The zero-order valence-electron chi connectivity index (χ0n) is 15.4. The van der Waals surface area contributed by atoms with E-state index in [-0.39, 0.29) is 43.2 Å². The van der Waals surface area contributed by atoms with Gasteiger partial charge < -0.3 is 19.6 Å². The molecule has 2 amide bonds. The highest BCUT2D eigenvalue weighted by Crippen LogP contribution is 2.48. The van der Waals surface area contributed by atoms with Gasteiger partial charge in [-0.2, -0.15) is 0 Å². The third-order valence-corrected chi connectivity index (χ3v) is 5.59. The molecule has 2 aliphatic heterocycles. The van der Waals surface area contributed by atoms with Gasteiger partial charge in [0.15, 0.2) is 0 Å². The van der Waals surface area contributed by atoms with Crippen LogP contribution in [-0.2, 0) is 9.53 Å². The van der Waals surface area contributed by atoms with E-state index in [1.165, 1.54) is 30.2 Å². The second-order valence-electron chi connectivity index (χ2n) is 7.03. The number of anilines is 1. The second kappa shape index (κ2) is 7.33. The van der Waals surface area contributed by atoms with Gasteiger partial charge in [0.25, 0.3) is 11.8 Å². The SMILES string of the molecule is COCC(=O)N1C[C@H]2[C@@H](c3ccccc31)[C@@H](CO)N2C(=O)c1ccccc1F. The minimum absolute atomic E-state index is 0.0342. The summed E-state index contributed by atoms with van der Waals surface area (Å²) in [6.07, 6.45) is 0. The zero-order valence-corrected chi connectivity index (χ0v) is 15.4. The van der Waals surface area contributed by atoms with E-state index in [1.807, 2.05) is 24.3 Å². The van der Waals surface area contributed by atoms with Crippen LogP contribution in [0.1, 0.15) is 21.8 Å². The van der Waals surface area contributed by atoms with Gasteiger partial charge in [0.05, 0.1) is 24.3 Å². The van der Waals surface area contributed by atoms with Gasteiger partial charge in [-0.25, -0.2) is 4.39 Å². The molecular weight excluding hydrogens is 363 g/mol. The smallest absolute Gasteiger partial charge is 0.257 e. The van der Waals surface area contributed by atoms with Gasteiger partial charge in [0.1, 0.15) is 12.4 Å². The maximum atomic E-state index is 14.2. The Morgan fingerprint density at radius 3 is 2.61 bits per heavy atom. The number of nitrogens with zero attached hydrogens (tertiary/aromatic N) is 2. The van der Waals surface area contributed by atoms with Crippen LogP contribution in [0.15, 0.2) is 48.5 Å². The minimum atomic E-state index is -0.601. The first kappa shape index (κ1) is 18.6. The lowest BCUT2D eigenvalue weighted by atomic mass is 9.71. The molecule has 1 fully saturated rings. The van der Waals surface area contributed by atoms with Crippen molar-refractivity contribution >= 4 is 17.5 Å². The average molecular weight is 384 g/mol. The number of amides is 2. The highest BCUT2D eigenvalue weighted by Gasteiger charge is 2.55. The van der Waals surface area contributed by atoms with E-state index < -0.39 is 17.8 Å². The topological polar surface area (TPSA) is 70.1 Å². The van der Waals surface area contributed by atoms with Crippen LogP contribution in [0.2, 0.25) is 0 Å². The predicted octanol–water partition coefficient (Wildman–Crippen LogP) is 1.79. The fourth-order valence-electron chi connectivity index (χ4n) is 4.38. The van der Waals surface area contributed by atoms with Gasteiger partial charge in [-0.05, 0) is 23.8 Å². The summed E-state index contributed by atoms with van der Waals surface area (Å²) < 4.78 is 19.2. The van der Waals surface area contributed by atoms with E-state index >= 15 is 0 Å². The first-order valence-electron chi connectivity index (χ1n) is 9.14. The van der Waals surface area contributed by atoms with Crippen LogP contribution in [0.3, 0.4) is 0 Å². The normalized spacial score (nSPS) is 22.9. The summed E-state index contributed by atoms with van der Waals surface area (Å²) in [5, 5.41) is 9.96. The Balaban J connectivity index is 1.72. The van der Waals surface area contributed by atoms with Gasteiger partial charge >= 0.3 is 0 Å². The summed E-state index contributed by atoms with van der Waals surface area (Å²) in [6.45, 7) is -0.0291. The molecule has 2 aliphatic rings. The Morgan fingerprint density at radius 2 is 1.89 bits per heavy atom. The molecular formula is C21H21FN2O4. The molecule has 0 bridgehead atoms. The van der Waals surface area contributed by atoms with Crippen LogP contribution < -0.4 is 4.90 Å². The summed E-state index contributed by atoms with van der Waals surface area (Å²) >= 11 is 0. The monoisotopic (exact) mass is 384 g/mol. The van der Waals surface area contributed by atoms with Crippen LogP contribution in [0.25, 0.3) is 0 Å². The number of hydrogen-bond donors (Lipinski definition) is 1. The number of aliphatic hydroxyl groups excluding tert-OH is 1. The molecule has 0 aliphatic carbocycles. The molecule has 0 saturated carbocycles. The first-order valence-corrected chi connectivity index (χ1v) is 9.14. The quantitative estimate of drug-likeness (QED) is 0.873. The van der Waals surface area contributed by atoms with Gasteiger partial charge in [0.2, 0.25) is 0 Å². The van der Waals surface area contributed by atoms with Crippen LogP contribution in [0, 0.1) is 5.82 Å². The van der Waals surface area contributed by atoms with Crippen molar-refractivity contribution < 1.29 is 23.8 Å². The summed E-state index contributed by atoms with van der Waals surface area (Å²) in [4.78, 5) is 28.7. The molecule has 1 N–H and O–H groups in total. The number of methoxy groups -OCH3 is 1. The van der Waals surface area contributed by atoms with Crippen LogP contribution in [0.4, 0.5) is 10.1 Å². The molecule has 2 heterocycles. The van der Waals surface area contributed by atoms with Crippen molar-refractivity contribution in [3.05, 3.63) is 65.5 Å². The largest absolute Gasteiger partial charge is 0.394 e. The van der Waals surface area contributed by atoms with Crippen molar-refractivity contribution in [3.63, 3.8) is 0 Å². The van der Waals surface area contributed by atoms with Crippen molar-refractivity contribution in [2.24, 2.45) is 0 Å². The highest BCUT2D eigenvalue weighted by molar-refractivity contribution is 5.98. The van der Waals surface area contributed by atoms with Crippen molar-refractivity contribution in [1.29, 1.82) is 0 Å². The summed E-state index contributed by atoms with van der Waals surface area (Å²) in [5.74, 6) is -1.39. The second-order valence-corrected chi connectivity index (χ2v) is 7.03. The van der Waals surface area contributed by atoms with Crippen LogP contribution >= 0.6 is 0 Å². The standard InChI is InChI=1S/C21H21FN2O4/c1-28-12-19(26)23-10-17-20(14-7-3-5-9-16(14)23)18(11-25)24(17)21(27)13-6-2-4-8-15(13)22/h2-9,17-18,20,25H,10-12H2,1H3/t17-,18+,20+/m0/s1. The summed E-state index contributed by atoms with van der Waals surface area (Å²) in [7, 11) is 1.45. The maximum absolute atomic E-state index is 14.2. The lowest BCUT2D eigenvalue weighted by Crippen LogP contribution is -2.71. The Bertz CT molecular complexity index is 919. The Morgan fingerprint density at radius 1 is 1.18 bits per heavy atom. The molecule has 0 unspecified atom stereocenters. The van der Waals surface area contributed by atoms with E-state index in [0.29, 0.717) is 0 Å². The van der Waals surface area contributed by atoms with Crippen molar-refractivity contribution in [2.45, 2.75) is 18.0 Å². The molecule has 0 radical (unpaired) electrons. The number of para-hydroxylation sites is 1. The summed E-state index contributed by atoms with van der Waals surface area (Å²) in [5.41, 5.74) is 1.63. The van der Waals surface area contributed by atoms with Gasteiger partial charge in [-0.1, -0.05) is 30.3 Å². The molecule has 2 aromatic rings. The highest BCUT2D eigenvalue weighted by atomic mass is 19.1. The van der Waals surface area contributed by atoms with Crippen molar-refractivity contribution in [1.82, 2.24) is 4.90 Å². The third-order valence-electron chi connectivity index (χ3n) is 5.59. The molecule has 6 nitrogen and oxygen atoms in total. The van der Waals surface area contributed by atoms with Gasteiger partial charge in [-0.15, -0.1) is 0 Å². The first-order chi connectivity index (χ1) is 13.6. The molecule has 28 heavy (non-hydrogen) atoms. The minimum Gasteiger partial charge on any atom is -0.394 e. The number of rotatable bonds is 4. The van der Waals surface area contributed by atoms with E-state index in [0.717, 1.165) is 11.3 Å². The number of carbonyl (C=O) groups is 2. The van der Waals surface area contributed by atoms with Crippen LogP contribution in [-0.4, -0.2) is 60.8 Å². The number of carbonyl (C=O) groups excluding carboxylic acids is 2. The van der Waals surface area contributed by atoms with E-state index in [9.17, 15) is 19.1 Å². The molecule has 0 aromatic heterocycles. The van der Waals surface area contributed by atoms with E-state index in [2.05, 4.69) is 0 Å². The Hall–Kier alpha value is -2.77. The third kappa shape index (κ3) is 2.78. The lowest BCUT2D eigenvalue weighted by Gasteiger charge is -2.58. The molecule has 146 valence electrons. The van der Waals surface area contributed by atoms with Gasteiger partial charge in [-0.3, -0.25) is 9.59 Å². The number of likely N-dealkylation sites (tertiary alicyclic amines) is 1. The fraction of sp³-hybridized carbons (Fsp3) is 0.333. The Labute approximate surface area is 162 Å². The molecule has 0 spiro atoms.